The molecule has 0 bridgehead atoms. The Kier molecular flexibility index (Phi) is 7.32. The number of piperazine rings is 1. The van der Waals surface area contributed by atoms with E-state index in [0.29, 0.717) is 13.0 Å². The molecule has 2 aliphatic rings. The molecule has 1 amide bonds. The minimum atomic E-state index is -4.56. The maximum atomic E-state index is 13.5. The fraction of sp³-hybridized carbons (Fsp3) is 0.346. The molecule has 0 unspecified atom stereocenters. The highest BCUT2D eigenvalue weighted by atomic mass is 35.5. The lowest BCUT2D eigenvalue weighted by molar-refractivity contribution is -0.137. The molecule has 1 saturated heterocycles. The molecule has 3 aromatic rings. The van der Waals surface area contributed by atoms with E-state index in [2.05, 4.69) is 32.1 Å². The van der Waals surface area contributed by atoms with Gasteiger partial charge in [0.15, 0.2) is 10.9 Å². The van der Waals surface area contributed by atoms with Gasteiger partial charge in [0.25, 0.3) is 11.8 Å². The van der Waals surface area contributed by atoms with Crippen molar-refractivity contribution in [2.75, 3.05) is 44.2 Å². The number of hydrogen-bond donors (Lipinski definition) is 0. The van der Waals surface area contributed by atoms with Crippen LogP contribution in [0, 0.1) is 0 Å². The summed E-state index contributed by atoms with van der Waals surface area (Å²) >= 11 is 5.95. The van der Waals surface area contributed by atoms with Crippen LogP contribution in [0.15, 0.2) is 54.6 Å². The number of alkyl halides is 3. The average molecular weight is 532 g/mol. The van der Waals surface area contributed by atoms with Crippen LogP contribution in [-0.2, 0) is 12.7 Å². The van der Waals surface area contributed by atoms with Crippen molar-refractivity contribution in [1.82, 2.24) is 20.0 Å². The molecular formula is C26H25ClF3N5O2. The smallest absolute Gasteiger partial charge is 0.416 e. The van der Waals surface area contributed by atoms with E-state index in [1.165, 1.54) is 22.6 Å². The summed E-state index contributed by atoms with van der Waals surface area (Å²) in [6.07, 6.45) is -3.99. The molecule has 0 atom stereocenters. The van der Waals surface area contributed by atoms with Crippen molar-refractivity contribution in [2.24, 2.45) is 0 Å². The summed E-state index contributed by atoms with van der Waals surface area (Å²) in [5.41, 5.74) is 0.512. The van der Waals surface area contributed by atoms with Crippen LogP contribution in [0.1, 0.15) is 27.9 Å². The lowest BCUT2D eigenvalue weighted by Gasteiger charge is -2.35. The van der Waals surface area contributed by atoms with Gasteiger partial charge in [0.2, 0.25) is 0 Å². The van der Waals surface area contributed by atoms with Crippen molar-refractivity contribution < 1.29 is 22.7 Å². The summed E-state index contributed by atoms with van der Waals surface area (Å²) in [4.78, 5) is 19.5. The Balaban J connectivity index is 1.28. The first-order chi connectivity index (χ1) is 17.8. The molecule has 0 N–H and O–H groups in total. The number of aromatic nitrogens is 2. The molecule has 7 nitrogen and oxygen atoms in total. The fourth-order valence-corrected chi connectivity index (χ4v) is 4.77. The van der Waals surface area contributed by atoms with Crippen LogP contribution in [0.3, 0.4) is 0 Å². The normalized spacial score (nSPS) is 16.6. The number of fused-ring (bicyclic) bond motifs is 2. The lowest BCUT2D eigenvalue weighted by atomic mass is 10.1. The van der Waals surface area contributed by atoms with Crippen molar-refractivity contribution in [1.29, 1.82) is 0 Å². The number of carbonyl (C=O) groups excluding carboxylic acids is 1. The van der Waals surface area contributed by atoms with Crippen LogP contribution in [0.25, 0.3) is 0 Å². The first kappa shape index (κ1) is 25.4. The maximum absolute atomic E-state index is 13.5. The third-order valence-electron chi connectivity index (χ3n) is 6.56. The van der Waals surface area contributed by atoms with Gasteiger partial charge in [0, 0.05) is 39.3 Å². The first-order valence-corrected chi connectivity index (χ1v) is 12.4. The Morgan fingerprint density at radius 3 is 2.38 bits per heavy atom. The zero-order chi connectivity index (χ0) is 26.0. The van der Waals surface area contributed by atoms with Gasteiger partial charge in [0.05, 0.1) is 11.3 Å². The first-order valence-electron chi connectivity index (χ1n) is 12.0. The number of rotatable bonds is 6. The Morgan fingerprint density at radius 2 is 1.65 bits per heavy atom. The molecule has 1 fully saturated rings. The monoisotopic (exact) mass is 531 g/mol. The van der Waals surface area contributed by atoms with Crippen molar-refractivity contribution in [3.8, 4) is 11.6 Å². The highest BCUT2D eigenvalue weighted by Crippen LogP contribution is 2.42. The Morgan fingerprint density at radius 1 is 0.919 bits per heavy atom. The second-order valence-electron chi connectivity index (χ2n) is 9.08. The molecule has 0 radical (unpaired) electrons. The van der Waals surface area contributed by atoms with Gasteiger partial charge in [-0.15, -0.1) is 10.2 Å². The molecule has 5 rings (SSSR count). The minimum absolute atomic E-state index is 0.00837. The van der Waals surface area contributed by atoms with Crippen molar-refractivity contribution in [3.05, 3.63) is 76.4 Å². The van der Waals surface area contributed by atoms with Crippen molar-refractivity contribution in [2.45, 2.75) is 19.1 Å². The number of benzene rings is 2. The maximum Gasteiger partial charge on any atom is 0.416 e. The van der Waals surface area contributed by atoms with Crippen molar-refractivity contribution >= 4 is 23.2 Å². The Hall–Kier alpha value is -3.21. The second kappa shape index (κ2) is 10.6. The number of anilines is 1. The average Bonchev–Trinajstić information content (AvgIpc) is 2.99. The predicted molar refractivity (Wildman–Crippen MR) is 133 cm³/mol. The van der Waals surface area contributed by atoms with E-state index in [1.54, 1.807) is 0 Å². The minimum Gasteiger partial charge on any atom is -0.435 e. The fourth-order valence-electron chi connectivity index (χ4n) is 4.62. The van der Waals surface area contributed by atoms with Crippen LogP contribution < -0.4 is 9.64 Å². The largest absolute Gasteiger partial charge is 0.435 e. The molecule has 0 spiro atoms. The van der Waals surface area contributed by atoms with Gasteiger partial charge in [-0.1, -0.05) is 41.9 Å². The molecular weight excluding hydrogens is 507 g/mol. The topological polar surface area (TPSA) is 61.8 Å². The second-order valence-corrected chi connectivity index (χ2v) is 9.47. The van der Waals surface area contributed by atoms with Gasteiger partial charge in [-0.3, -0.25) is 9.69 Å². The molecule has 37 heavy (non-hydrogen) atoms. The summed E-state index contributed by atoms with van der Waals surface area (Å²) in [7, 11) is 0. The van der Waals surface area contributed by atoms with E-state index in [-0.39, 0.29) is 34.6 Å². The van der Waals surface area contributed by atoms with Crippen LogP contribution >= 0.6 is 11.6 Å². The number of hydrogen-bond acceptors (Lipinski definition) is 6. The highest BCUT2D eigenvalue weighted by molar-refractivity contribution is 6.29. The summed E-state index contributed by atoms with van der Waals surface area (Å²) in [5, 5.41) is 7.54. The Labute approximate surface area is 217 Å². The number of amides is 1. The zero-order valence-electron chi connectivity index (χ0n) is 19.9. The molecule has 1 aromatic heterocycles. The zero-order valence-corrected chi connectivity index (χ0v) is 20.7. The number of carbonyl (C=O) groups is 1. The standard InChI is InChI=1S/C26H25ClF3N5O2/c27-23-16-20-24(32-31-23)37-22-8-7-19(26(28,29)30)15-21(22)35(25(20)36)10-4-9-33-11-13-34(14-12-33)17-18-5-2-1-3-6-18/h1-3,5-8,15-16H,4,9-14,17H2. The molecule has 2 aliphatic heterocycles. The van der Waals surface area contributed by atoms with Gasteiger partial charge in [-0.25, -0.2) is 0 Å². The van der Waals surface area contributed by atoms with Crippen LogP contribution in [0.4, 0.5) is 18.9 Å². The molecule has 3 heterocycles. The van der Waals surface area contributed by atoms with E-state index in [9.17, 15) is 18.0 Å². The van der Waals surface area contributed by atoms with E-state index in [4.69, 9.17) is 16.3 Å². The summed E-state index contributed by atoms with van der Waals surface area (Å²) in [6, 6.07) is 14.7. The molecule has 194 valence electrons. The van der Waals surface area contributed by atoms with E-state index >= 15 is 0 Å². The van der Waals surface area contributed by atoms with Gasteiger partial charge >= 0.3 is 6.18 Å². The lowest BCUT2D eigenvalue weighted by Crippen LogP contribution is -2.46. The SMILES string of the molecule is O=C1c2cc(Cl)nnc2Oc2ccc(C(F)(F)F)cc2N1CCCN1CCN(Cc2ccccc2)CC1. The van der Waals surface area contributed by atoms with Gasteiger partial charge in [-0.05, 0) is 42.8 Å². The predicted octanol–water partition coefficient (Wildman–Crippen LogP) is 5.11. The van der Waals surface area contributed by atoms with E-state index in [0.717, 1.165) is 44.9 Å². The molecule has 0 saturated carbocycles. The number of ether oxygens (including phenoxy) is 1. The summed E-state index contributed by atoms with van der Waals surface area (Å²) in [6.45, 7) is 5.43. The van der Waals surface area contributed by atoms with Crippen LogP contribution in [0.2, 0.25) is 5.15 Å². The van der Waals surface area contributed by atoms with Gasteiger partial charge in [0.1, 0.15) is 5.56 Å². The van der Waals surface area contributed by atoms with Crippen molar-refractivity contribution in [3.63, 3.8) is 0 Å². The molecule has 0 aliphatic carbocycles. The van der Waals surface area contributed by atoms with Gasteiger partial charge in [-0.2, -0.15) is 13.2 Å². The third kappa shape index (κ3) is 5.87. The third-order valence-corrected chi connectivity index (χ3v) is 6.74. The van der Waals surface area contributed by atoms with E-state index in [1.807, 2.05) is 18.2 Å². The summed E-state index contributed by atoms with van der Waals surface area (Å²) < 4.78 is 46.1. The Bertz CT molecular complexity index is 1270. The van der Waals surface area contributed by atoms with Crippen LogP contribution in [-0.4, -0.2) is 65.2 Å². The molecule has 11 heteroatoms. The number of nitrogens with zero attached hydrogens (tertiary/aromatic N) is 5. The number of halogens is 4. The molecule has 2 aromatic carbocycles. The summed E-state index contributed by atoms with van der Waals surface area (Å²) in [5.74, 6) is -0.517. The van der Waals surface area contributed by atoms with Gasteiger partial charge < -0.3 is 14.5 Å². The van der Waals surface area contributed by atoms with Crippen LogP contribution in [0.5, 0.6) is 11.6 Å². The quantitative estimate of drug-likeness (QED) is 0.440. The van der Waals surface area contributed by atoms with E-state index < -0.39 is 17.6 Å². The highest BCUT2D eigenvalue weighted by Gasteiger charge is 2.35.